The number of amides is 2. The Hall–Kier alpha value is -1.92. The number of piperidine rings is 1. The molecule has 1 unspecified atom stereocenters. The van der Waals surface area contributed by atoms with Gasteiger partial charge >= 0.3 is 6.03 Å². The number of nitrogens with two attached hydrogens (primary N) is 1. The van der Waals surface area contributed by atoms with Crippen LogP contribution in [0.1, 0.15) is 30.1 Å². The van der Waals surface area contributed by atoms with Gasteiger partial charge in [-0.3, -0.25) is 9.69 Å². The minimum absolute atomic E-state index is 0.0280. The molecule has 2 rings (SSSR count). The van der Waals surface area contributed by atoms with E-state index in [2.05, 4.69) is 11.9 Å². The van der Waals surface area contributed by atoms with Gasteiger partial charge in [0, 0.05) is 17.2 Å². The minimum atomic E-state index is -0.698. The van der Waals surface area contributed by atoms with Gasteiger partial charge in [-0.1, -0.05) is 12.1 Å². The van der Waals surface area contributed by atoms with Crippen LogP contribution >= 0.6 is 0 Å². The average Bonchev–Trinajstić information content (AvgIpc) is 2.52. The van der Waals surface area contributed by atoms with Gasteiger partial charge in [0.1, 0.15) is 0 Å². The molecule has 0 bridgehead atoms. The molecule has 0 spiro atoms. The van der Waals surface area contributed by atoms with Crippen molar-refractivity contribution in [1.29, 1.82) is 0 Å². The molecule has 0 aliphatic carbocycles. The normalized spacial score (nSPS) is 17.7. The number of hydrogen-bond acceptors (Lipinski definition) is 4. The van der Waals surface area contributed by atoms with Crippen LogP contribution in [0, 0.1) is 5.92 Å². The van der Waals surface area contributed by atoms with Gasteiger partial charge in [0.2, 0.25) is 0 Å². The van der Waals surface area contributed by atoms with Crippen LogP contribution in [0.5, 0.6) is 0 Å². The maximum Gasteiger partial charge on any atom is 0.319 e. The van der Waals surface area contributed by atoms with Crippen molar-refractivity contribution in [1.82, 2.24) is 4.90 Å². The molecule has 1 saturated heterocycles. The van der Waals surface area contributed by atoms with E-state index in [1.165, 1.54) is 4.90 Å². The van der Waals surface area contributed by atoms with Crippen molar-refractivity contribution in [2.24, 2.45) is 11.7 Å². The molecule has 6 nitrogen and oxygen atoms in total. The molecule has 1 fully saturated rings. The fourth-order valence-electron chi connectivity index (χ4n) is 2.92. The van der Waals surface area contributed by atoms with Crippen LogP contribution in [0.4, 0.5) is 10.5 Å². The number of likely N-dealkylation sites (tertiary alicyclic amines) is 1. The first kappa shape index (κ1) is 17.4. The summed E-state index contributed by atoms with van der Waals surface area (Å²) in [5.41, 5.74) is 6.52. The number of aliphatic hydroxyl groups excluding tert-OH is 1. The van der Waals surface area contributed by atoms with E-state index in [9.17, 15) is 14.7 Å². The van der Waals surface area contributed by atoms with Gasteiger partial charge in [-0.25, -0.2) is 4.79 Å². The van der Waals surface area contributed by atoms with Crippen LogP contribution in [0.15, 0.2) is 24.3 Å². The molecule has 0 saturated carbocycles. The Morgan fingerprint density at radius 1 is 1.39 bits per heavy atom. The van der Waals surface area contributed by atoms with Crippen molar-refractivity contribution in [3.63, 3.8) is 0 Å². The number of benzene rings is 1. The van der Waals surface area contributed by atoms with Gasteiger partial charge in [0.15, 0.2) is 5.78 Å². The summed E-state index contributed by atoms with van der Waals surface area (Å²) in [5, 5.41) is 9.52. The fourth-order valence-corrected chi connectivity index (χ4v) is 2.92. The van der Waals surface area contributed by atoms with E-state index in [-0.39, 0.29) is 18.2 Å². The van der Waals surface area contributed by atoms with Crippen molar-refractivity contribution in [3.05, 3.63) is 29.8 Å². The highest BCUT2D eigenvalue weighted by atomic mass is 16.3. The summed E-state index contributed by atoms with van der Waals surface area (Å²) >= 11 is 0. The lowest BCUT2D eigenvalue weighted by molar-refractivity contribution is 0.0857. The Balaban J connectivity index is 2.18. The molecule has 3 N–H and O–H groups in total. The number of carbonyl (C=O) groups excluding carboxylic acids is 2. The molecule has 6 heteroatoms. The van der Waals surface area contributed by atoms with Gasteiger partial charge in [-0.2, -0.15) is 0 Å². The van der Waals surface area contributed by atoms with E-state index >= 15 is 0 Å². The second kappa shape index (κ2) is 7.57. The van der Waals surface area contributed by atoms with Crippen LogP contribution < -0.4 is 10.6 Å². The third-order valence-corrected chi connectivity index (χ3v) is 4.24. The molecule has 1 aliphatic heterocycles. The molecular formula is C17H25N3O3. The monoisotopic (exact) mass is 319 g/mol. The van der Waals surface area contributed by atoms with E-state index in [0.29, 0.717) is 11.3 Å². The lowest BCUT2D eigenvalue weighted by atomic mass is 9.89. The summed E-state index contributed by atoms with van der Waals surface area (Å²) < 4.78 is 0. The highest BCUT2D eigenvalue weighted by molar-refractivity contribution is 6.00. The topological polar surface area (TPSA) is 86.9 Å². The first-order chi connectivity index (χ1) is 10.9. The van der Waals surface area contributed by atoms with E-state index in [4.69, 9.17) is 5.73 Å². The Bertz CT molecular complexity index is 566. The first-order valence-corrected chi connectivity index (χ1v) is 7.96. The zero-order valence-corrected chi connectivity index (χ0v) is 13.7. The third-order valence-electron chi connectivity index (χ3n) is 4.24. The quantitative estimate of drug-likeness (QED) is 0.805. The van der Waals surface area contributed by atoms with Crippen LogP contribution in [-0.4, -0.2) is 54.6 Å². The number of Topliss-reactive ketones (excluding diaryl/α,β-unsaturated/α-hetero) is 1. The minimum Gasteiger partial charge on any atom is -0.392 e. The highest BCUT2D eigenvalue weighted by Crippen LogP contribution is 2.24. The average molecular weight is 319 g/mol. The number of primary amides is 1. The summed E-state index contributed by atoms with van der Waals surface area (Å²) in [4.78, 5) is 27.8. The molecule has 1 aromatic rings. The second-order valence-electron chi connectivity index (χ2n) is 6.29. The summed E-state index contributed by atoms with van der Waals surface area (Å²) in [7, 11) is 2.06. The van der Waals surface area contributed by atoms with Crippen molar-refractivity contribution >= 4 is 17.5 Å². The number of ketones is 1. The van der Waals surface area contributed by atoms with Gasteiger partial charge in [-0.05, 0) is 52.0 Å². The lowest BCUT2D eigenvalue weighted by Gasteiger charge is -2.28. The molecule has 0 aromatic heterocycles. The van der Waals surface area contributed by atoms with Crippen LogP contribution in [0.3, 0.4) is 0 Å². The molecule has 1 heterocycles. The number of carbonyl (C=O) groups is 2. The Morgan fingerprint density at radius 2 is 2.04 bits per heavy atom. The van der Waals surface area contributed by atoms with Gasteiger partial charge in [0.05, 0.1) is 12.6 Å². The van der Waals surface area contributed by atoms with Crippen molar-refractivity contribution in [2.45, 2.75) is 25.9 Å². The number of rotatable bonds is 5. The van der Waals surface area contributed by atoms with Crippen LogP contribution in [0.2, 0.25) is 0 Å². The number of urea groups is 1. The largest absolute Gasteiger partial charge is 0.392 e. The molecule has 126 valence electrons. The maximum absolute atomic E-state index is 12.7. The number of anilines is 1. The summed E-state index contributed by atoms with van der Waals surface area (Å²) in [6.45, 7) is 3.53. The zero-order chi connectivity index (χ0) is 17.0. The van der Waals surface area contributed by atoms with E-state index in [1.54, 1.807) is 31.2 Å². The molecular weight excluding hydrogens is 294 g/mol. The van der Waals surface area contributed by atoms with Crippen molar-refractivity contribution in [3.8, 4) is 0 Å². The second-order valence-corrected chi connectivity index (χ2v) is 6.29. The first-order valence-electron chi connectivity index (χ1n) is 7.96. The van der Waals surface area contributed by atoms with Crippen LogP contribution in [0.25, 0.3) is 0 Å². The SMILES string of the molecule is CC(O)CN(C(N)=O)c1cccc(C(=O)C2CCN(C)CC2)c1. The van der Waals surface area contributed by atoms with E-state index in [1.807, 2.05) is 0 Å². The zero-order valence-electron chi connectivity index (χ0n) is 13.7. The lowest BCUT2D eigenvalue weighted by Crippen LogP contribution is -2.40. The van der Waals surface area contributed by atoms with E-state index < -0.39 is 12.1 Å². The van der Waals surface area contributed by atoms with Gasteiger partial charge < -0.3 is 15.7 Å². The fraction of sp³-hybridized carbons (Fsp3) is 0.529. The van der Waals surface area contributed by atoms with Crippen molar-refractivity contribution < 1.29 is 14.7 Å². The van der Waals surface area contributed by atoms with Crippen LogP contribution in [-0.2, 0) is 0 Å². The predicted molar refractivity (Wildman–Crippen MR) is 89.6 cm³/mol. The van der Waals surface area contributed by atoms with E-state index in [0.717, 1.165) is 25.9 Å². The standard InChI is InChI=1S/C17H25N3O3/c1-12(21)11-20(17(18)23)15-5-3-4-14(10-15)16(22)13-6-8-19(2)9-7-13/h3-5,10,12-13,21H,6-9,11H2,1-2H3,(H2,18,23). The molecule has 2 amide bonds. The van der Waals surface area contributed by atoms with Gasteiger partial charge in [-0.15, -0.1) is 0 Å². The predicted octanol–water partition coefficient (Wildman–Crippen LogP) is 1.48. The molecule has 0 radical (unpaired) electrons. The Morgan fingerprint density at radius 3 is 2.61 bits per heavy atom. The molecule has 1 aliphatic rings. The number of aliphatic hydroxyl groups is 1. The maximum atomic E-state index is 12.7. The highest BCUT2D eigenvalue weighted by Gasteiger charge is 2.25. The number of nitrogens with zero attached hydrogens (tertiary/aromatic N) is 2. The molecule has 23 heavy (non-hydrogen) atoms. The molecule has 1 aromatic carbocycles. The smallest absolute Gasteiger partial charge is 0.319 e. The third kappa shape index (κ3) is 4.53. The Labute approximate surface area is 136 Å². The summed E-state index contributed by atoms with van der Waals surface area (Å²) in [5.74, 6) is 0.140. The van der Waals surface area contributed by atoms with Crippen molar-refractivity contribution in [2.75, 3.05) is 31.6 Å². The summed E-state index contributed by atoms with van der Waals surface area (Å²) in [6.07, 6.45) is 1.01. The Kier molecular flexibility index (Phi) is 5.74. The molecule has 1 atom stereocenters. The van der Waals surface area contributed by atoms with Gasteiger partial charge in [0.25, 0.3) is 0 Å². The summed E-state index contributed by atoms with van der Waals surface area (Å²) in [6, 6.07) is 6.28. The number of hydrogen-bond donors (Lipinski definition) is 2.